The molecule has 0 aliphatic heterocycles. The van der Waals surface area contributed by atoms with Crippen LogP contribution in [-0.4, -0.2) is 33.9 Å². The van der Waals surface area contributed by atoms with E-state index in [9.17, 15) is 5.11 Å². The second-order valence-corrected chi connectivity index (χ2v) is 9.37. The molecule has 0 bridgehead atoms. The maximum Gasteiger partial charge on any atom is 0.0894 e. The summed E-state index contributed by atoms with van der Waals surface area (Å²) in [5.74, 6) is 0. The monoisotopic (exact) mass is 315 g/mol. The number of thioether (sulfide) groups is 1. The first kappa shape index (κ1) is 18.0. The Bertz CT molecular complexity index is 395. The minimum absolute atomic E-state index is 0.169. The number of nitrogens with zero attached hydrogens (tertiary/aromatic N) is 1. The molecular formula is C16H29NOS2. The number of thiophene rings is 1. The van der Waals surface area contributed by atoms with E-state index < -0.39 is 0 Å². The van der Waals surface area contributed by atoms with Crippen LogP contribution >= 0.6 is 23.1 Å². The van der Waals surface area contributed by atoms with Crippen LogP contribution < -0.4 is 0 Å². The number of hydrogen-bond acceptors (Lipinski definition) is 4. The lowest BCUT2D eigenvalue weighted by Crippen LogP contribution is -2.42. The van der Waals surface area contributed by atoms with Crippen LogP contribution in [0.3, 0.4) is 0 Å². The molecule has 1 aromatic heterocycles. The molecule has 1 atom stereocenters. The van der Waals surface area contributed by atoms with Crippen molar-refractivity contribution < 1.29 is 5.11 Å². The molecule has 0 saturated carbocycles. The molecule has 4 heteroatoms. The van der Waals surface area contributed by atoms with Crippen LogP contribution in [0, 0.1) is 0 Å². The van der Waals surface area contributed by atoms with Crippen molar-refractivity contribution in [3.63, 3.8) is 0 Å². The molecule has 1 unspecified atom stereocenters. The summed E-state index contributed by atoms with van der Waals surface area (Å²) < 4.78 is 1.30. The van der Waals surface area contributed by atoms with Crippen molar-refractivity contribution in [1.82, 2.24) is 4.90 Å². The van der Waals surface area contributed by atoms with Crippen LogP contribution in [0.25, 0.3) is 0 Å². The summed E-state index contributed by atoms with van der Waals surface area (Å²) in [4.78, 5) is 3.51. The molecule has 1 rings (SSSR count). The number of aliphatic hydroxyl groups is 1. The third-order valence-corrected chi connectivity index (χ3v) is 5.64. The van der Waals surface area contributed by atoms with Gasteiger partial charge < -0.3 is 5.11 Å². The largest absolute Gasteiger partial charge is 0.388 e. The van der Waals surface area contributed by atoms with E-state index >= 15 is 0 Å². The third-order valence-electron chi connectivity index (χ3n) is 3.29. The van der Waals surface area contributed by atoms with Crippen molar-refractivity contribution in [2.45, 2.75) is 69.1 Å². The van der Waals surface area contributed by atoms with Crippen LogP contribution in [0.4, 0.5) is 0 Å². The first-order chi connectivity index (χ1) is 9.24. The summed E-state index contributed by atoms with van der Waals surface area (Å²) in [6, 6.07) is 4.21. The van der Waals surface area contributed by atoms with Crippen molar-refractivity contribution in [2.75, 3.05) is 13.1 Å². The molecule has 116 valence electrons. The van der Waals surface area contributed by atoms with Gasteiger partial charge in [0.25, 0.3) is 0 Å². The standard InChI is InChI=1S/C16H29NOS2/c1-7-17(16(4,5)6)11-10-13(18)14-8-9-15(20-14)19-12(2)3/h8-9,12-13,18H,7,10-11H2,1-6H3. The van der Waals surface area contributed by atoms with Gasteiger partial charge in [-0.05, 0) is 45.9 Å². The van der Waals surface area contributed by atoms with Crippen molar-refractivity contribution in [2.24, 2.45) is 0 Å². The molecular weight excluding hydrogens is 286 g/mol. The maximum atomic E-state index is 10.4. The molecule has 0 aromatic carbocycles. The van der Waals surface area contributed by atoms with Gasteiger partial charge in [-0.1, -0.05) is 20.8 Å². The van der Waals surface area contributed by atoms with E-state index in [2.05, 4.69) is 58.6 Å². The summed E-state index contributed by atoms with van der Waals surface area (Å²) >= 11 is 3.60. The maximum absolute atomic E-state index is 10.4. The van der Waals surface area contributed by atoms with Gasteiger partial charge in [0.1, 0.15) is 0 Å². The van der Waals surface area contributed by atoms with Gasteiger partial charge in [-0.2, -0.15) is 0 Å². The highest BCUT2D eigenvalue weighted by atomic mass is 32.2. The Hall–Kier alpha value is -0.0300. The second kappa shape index (κ2) is 7.83. The van der Waals surface area contributed by atoms with Gasteiger partial charge in [0.2, 0.25) is 0 Å². The Balaban J connectivity index is 2.54. The SMILES string of the molecule is CCN(CCC(O)c1ccc(SC(C)C)s1)C(C)(C)C. The normalized spacial score (nSPS) is 14.2. The minimum Gasteiger partial charge on any atom is -0.388 e. The number of hydrogen-bond donors (Lipinski definition) is 1. The summed E-state index contributed by atoms with van der Waals surface area (Å²) in [5.41, 5.74) is 0.169. The number of aliphatic hydroxyl groups excluding tert-OH is 1. The molecule has 20 heavy (non-hydrogen) atoms. The average Bonchev–Trinajstić information content (AvgIpc) is 2.75. The highest BCUT2D eigenvalue weighted by molar-refractivity contribution is 8.01. The highest BCUT2D eigenvalue weighted by Crippen LogP contribution is 2.34. The predicted octanol–water partition coefficient (Wildman–Crippen LogP) is 4.79. The lowest BCUT2D eigenvalue weighted by atomic mass is 10.0. The molecule has 0 radical (unpaired) electrons. The Morgan fingerprint density at radius 2 is 1.95 bits per heavy atom. The molecule has 1 N–H and O–H groups in total. The average molecular weight is 316 g/mol. The van der Waals surface area contributed by atoms with Gasteiger partial charge in [-0.15, -0.1) is 23.1 Å². The third kappa shape index (κ3) is 5.76. The molecule has 0 fully saturated rings. The van der Waals surface area contributed by atoms with Gasteiger partial charge in [-0.3, -0.25) is 4.90 Å². The molecule has 0 aliphatic rings. The van der Waals surface area contributed by atoms with E-state index in [-0.39, 0.29) is 11.6 Å². The molecule has 0 saturated heterocycles. The quantitative estimate of drug-likeness (QED) is 0.732. The Kier molecular flexibility index (Phi) is 7.06. The zero-order valence-corrected chi connectivity index (χ0v) is 15.3. The molecule has 2 nitrogen and oxygen atoms in total. The first-order valence-electron chi connectivity index (χ1n) is 7.43. The summed E-state index contributed by atoms with van der Waals surface area (Å²) in [5, 5.41) is 10.9. The van der Waals surface area contributed by atoms with Crippen molar-refractivity contribution >= 4 is 23.1 Å². The Labute approximate surface area is 132 Å². The van der Waals surface area contributed by atoms with E-state index in [1.807, 2.05) is 11.8 Å². The highest BCUT2D eigenvalue weighted by Gasteiger charge is 2.21. The topological polar surface area (TPSA) is 23.5 Å². The van der Waals surface area contributed by atoms with Crippen LogP contribution in [-0.2, 0) is 0 Å². The molecule has 0 amide bonds. The van der Waals surface area contributed by atoms with Gasteiger partial charge >= 0.3 is 0 Å². The fourth-order valence-electron chi connectivity index (χ4n) is 2.20. The summed E-state index contributed by atoms with van der Waals surface area (Å²) in [6.07, 6.45) is 0.468. The van der Waals surface area contributed by atoms with E-state index in [1.54, 1.807) is 11.3 Å². The van der Waals surface area contributed by atoms with Crippen LogP contribution in [0.15, 0.2) is 16.3 Å². The van der Waals surface area contributed by atoms with Crippen LogP contribution in [0.5, 0.6) is 0 Å². The smallest absolute Gasteiger partial charge is 0.0894 e. The summed E-state index contributed by atoms with van der Waals surface area (Å²) in [7, 11) is 0. The lowest BCUT2D eigenvalue weighted by molar-refractivity contribution is 0.101. The zero-order valence-electron chi connectivity index (χ0n) is 13.6. The fraction of sp³-hybridized carbons (Fsp3) is 0.750. The van der Waals surface area contributed by atoms with E-state index in [0.717, 1.165) is 24.4 Å². The molecule has 1 heterocycles. The first-order valence-corrected chi connectivity index (χ1v) is 9.13. The van der Waals surface area contributed by atoms with Crippen molar-refractivity contribution in [3.8, 4) is 0 Å². The van der Waals surface area contributed by atoms with Crippen molar-refractivity contribution in [1.29, 1.82) is 0 Å². The van der Waals surface area contributed by atoms with E-state index in [0.29, 0.717) is 5.25 Å². The van der Waals surface area contributed by atoms with E-state index in [1.165, 1.54) is 4.21 Å². The predicted molar refractivity (Wildman–Crippen MR) is 91.9 cm³/mol. The second-order valence-electron chi connectivity index (χ2n) is 6.38. The molecule has 0 aliphatic carbocycles. The molecule has 1 aromatic rings. The van der Waals surface area contributed by atoms with Gasteiger partial charge in [0, 0.05) is 22.2 Å². The van der Waals surface area contributed by atoms with Gasteiger partial charge in [0.05, 0.1) is 10.3 Å². The zero-order chi connectivity index (χ0) is 15.3. The van der Waals surface area contributed by atoms with Crippen molar-refractivity contribution in [3.05, 3.63) is 17.0 Å². The Morgan fingerprint density at radius 1 is 1.30 bits per heavy atom. The van der Waals surface area contributed by atoms with Crippen LogP contribution in [0.2, 0.25) is 0 Å². The van der Waals surface area contributed by atoms with Crippen LogP contribution in [0.1, 0.15) is 58.9 Å². The lowest BCUT2D eigenvalue weighted by Gasteiger charge is -2.35. The minimum atomic E-state index is -0.335. The van der Waals surface area contributed by atoms with Gasteiger partial charge in [0.15, 0.2) is 0 Å². The Morgan fingerprint density at radius 3 is 2.45 bits per heavy atom. The molecule has 0 spiro atoms. The fourth-order valence-corrected chi connectivity index (χ4v) is 4.63. The summed E-state index contributed by atoms with van der Waals surface area (Å²) in [6.45, 7) is 15.2. The van der Waals surface area contributed by atoms with Gasteiger partial charge in [-0.25, -0.2) is 0 Å². The number of rotatable bonds is 7. The van der Waals surface area contributed by atoms with E-state index in [4.69, 9.17) is 0 Å².